The predicted octanol–water partition coefficient (Wildman–Crippen LogP) is 2.23. The molecule has 2 heteroatoms. The van der Waals surface area contributed by atoms with Crippen molar-refractivity contribution in [2.24, 2.45) is 5.92 Å². The molecule has 0 amide bonds. The Morgan fingerprint density at radius 2 is 2.00 bits per heavy atom. The fraction of sp³-hybridized carbons (Fsp3) is 0.833. The van der Waals surface area contributed by atoms with Gasteiger partial charge in [-0.2, -0.15) is 0 Å². The smallest absolute Gasteiger partial charge is 0.0709 e. The topological polar surface area (TPSA) is 15.3 Å². The average Bonchev–Trinajstić information content (AvgIpc) is 2.66. The molecule has 0 aliphatic carbocycles. The van der Waals surface area contributed by atoms with Crippen molar-refractivity contribution in [2.75, 3.05) is 19.6 Å². The van der Waals surface area contributed by atoms with Crippen LogP contribution in [0.3, 0.4) is 0 Å². The molecule has 0 bridgehead atoms. The molecule has 1 aliphatic rings. The standard InChI is InChI=1S/C12H24N2/c1-5-8-13-12(4,11(2)3)14-9-6-7-10-14/h5,11,13H,1,6-10H2,2-4H3/t12-/m0/s1. The van der Waals surface area contributed by atoms with E-state index in [1.807, 2.05) is 6.08 Å². The maximum absolute atomic E-state index is 3.77. The van der Waals surface area contributed by atoms with Gasteiger partial charge in [0, 0.05) is 6.54 Å². The van der Waals surface area contributed by atoms with Crippen LogP contribution in [0.4, 0.5) is 0 Å². The average molecular weight is 196 g/mol. The highest BCUT2D eigenvalue weighted by atomic mass is 15.3. The fourth-order valence-corrected chi connectivity index (χ4v) is 2.14. The molecule has 0 aromatic carbocycles. The monoisotopic (exact) mass is 196 g/mol. The molecule has 1 fully saturated rings. The van der Waals surface area contributed by atoms with Gasteiger partial charge >= 0.3 is 0 Å². The number of nitrogens with zero attached hydrogens (tertiary/aromatic N) is 1. The van der Waals surface area contributed by atoms with Crippen molar-refractivity contribution in [2.45, 2.75) is 39.3 Å². The van der Waals surface area contributed by atoms with Crippen LogP contribution in [0.5, 0.6) is 0 Å². The van der Waals surface area contributed by atoms with Gasteiger partial charge in [0.2, 0.25) is 0 Å². The molecule has 0 aromatic heterocycles. The SMILES string of the molecule is C=CCN[C@](C)(C(C)C)N1CCCC1. The zero-order valence-electron chi connectivity index (χ0n) is 9.84. The number of hydrogen-bond donors (Lipinski definition) is 1. The maximum Gasteiger partial charge on any atom is 0.0709 e. The van der Waals surface area contributed by atoms with Crippen molar-refractivity contribution in [3.05, 3.63) is 12.7 Å². The van der Waals surface area contributed by atoms with E-state index in [-0.39, 0.29) is 5.66 Å². The first kappa shape index (κ1) is 11.7. The van der Waals surface area contributed by atoms with E-state index >= 15 is 0 Å². The third-order valence-electron chi connectivity index (χ3n) is 3.49. The largest absolute Gasteiger partial charge is 0.296 e. The van der Waals surface area contributed by atoms with Crippen LogP contribution in [-0.4, -0.2) is 30.2 Å². The highest BCUT2D eigenvalue weighted by molar-refractivity contribution is 4.91. The van der Waals surface area contributed by atoms with E-state index in [9.17, 15) is 0 Å². The molecule has 2 nitrogen and oxygen atoms in total. The lowest BCUT2D eigenvalue weighted by Crippen LogP contribution is -2.59. The van der Waals surface area contributed by atoms with Crippen molar-refractivity contribution in [3.8, 4) is 0 Å². The van der Waals surface area contributed by atoms with Gasteiger partial charge in [-0.25, -0.2) is 0 Å². The van der Waals surface area contributed by atoms with Crippen LogP contribution in [0.15, 0.2) is 12.7 Å². The van der Waals surface area contributed by atoms with Crippen LogP contribution in [0.1, 0.15) is 33.6 Å². The summed E-state index contributed by atoms with van der Waals surface area (Å²) in [5.41, 5.74) is 0.144. The maximum atomic E-state index is 3.77. The molecule has 1 rings (SSSR count). The second-order valence-electron chi connectivity index (χ2n) is 4.67. The highest BCUT2D eigenvalue weighted by Gasteiger charge is 2.35. The highest BCUT2D eigenvalue weighted by Crippen LogP contribution is 2.25. The van der Waals surface area contributed by atoms with Crippen molar-refractivity contribution >= 4 is 0 Å². The molecule has 0 unspecified atom stereocenters. The van der Waals surface area contributed by atoms with Crippen LogP contribution in [0, 0.1) is 5.92 Å². The number of rotatable bonds is 5. The first-order valence-electron chi connectivity index (χ1n) is 5.72. The number of likely N-dealkylation sites (tertiary alicyclic amines) is 1. The summed E-state index contributed by atoms with van der Waals surface area (Å²) in [6.45, 7) is 14.0. The number of nitrogens with one attached hydrogen (secondary N) is 1. The summed E-state index contributed by atoms with van der Waals surface area (Å²) in [5.74, 6) is 0.626. The Hall–Kier alpha value is -0.340. The first-order valence-corrected chi connectivity index (χ1v) is 5.72. The lowest BCUT2D eigenvalue weighted by molar-refractivity contribution is 0.0536. The second kappa shape index (κ2) is 4.94. The molecular weight excluding hydrogens is 172 g/mol. The Labute approximate surface area is 88.4 Å². The van der Waals surface area contributed by atoms with E-state index in [0.717, 1.165) is 6.54 Å². The summed E-state index contributed by atoms with van der Waals surface area (Å²) >= 11 is 0. The normalized spacial score (nSPS) is 22.6. The zero-order chi connectivity index (χ0) is 10.6. The molecule has 14 heavy (non-hydrogen) atoms. The van der Waals surface area contributed by atoms with E-state index in [1.54, 1.807) is 0 Å². The Bertz CT molecular complexity index is 183. The van der Waals surface area contributed by atoms with Gasteiger partial charge in [0.15, 0.2) is 0 Å². The lowest BCUT2D eigenvalue weighted by atomic mass is 9.96. The quantitative estimate of drug-likeness (QED) is 0.678. The molecular formula is C12H24N2. The van der Waals surface area contributed by atoms with Crippen molar-refractivity contribution in [3.63, 3.8) is 0 Å². The fourth-order valence-electron chi connectivity index (χ4n) is 2.14. The molecule has 82 valence electrons. The molecule has 1 aliphatic heterocycles. The van der Waals surface area contributed by atoms with Gasteiger partial charge in [0.25, 0.3) is 0 Å². The molecule has 1 heterocycles. The lowest BCUT2D eigenvalue weighted by Gasteiger charge is -2.43. The third-order valence-corrected chi connectivity index (χ3v) is 3.49. The van der Waals surface area contributed by atoms with Crippen LogP contribution in [0.25, 0.3) is 0 Å². The Balaban J connectivity index is 2.63. The van der Waals surface area contributed by atoms with Gasteiger partial charge in [0.05, 0.1) is 5.66 Å². The Morgan fingerprint density at radius 3 is 2.43 bits per heavy atom. The van der Waals surface area contributed by atoms with E-state index in [1.165, 1.54) is 25.9 Å². The van der Waals surface area contributed by atoms with E-state index in [0.29, 0.717) is 5.92 Å². The van der Waals surface area contributed by atoms with Crippen LogP contribution in [-0.2, 0) is 0 Å². The van der Waals surface area contributed by atoms with Gasteiger partial charge in [0.1, 0.15) is 0 Å². The minimum absolute atomic E-state index is 0.144. The third kappa shape index (κ3) is 2.37. The summed E-state index contributed by atoms with van der Waals surface area (Å²) in [7, 11) is 0. The van der Waals surface area contributed by atoms with Gasteiger partial charge in [-0.15, -0.1) is 6.58 Å². The zero-order valence-corrected chi connectivity index (χ0v) is 9.84. The van der Waals surface area contributed by atoms with Gasteiger partial charge < -0.3 is 0 Å². The van der Waals surface area contributed by atoms with Crippen molar-refractivity contribution < 1.29 is 0 Å². The second-order valence-corrected chi connectivity index (χ2v) is 4.67. The summed E-state index contributed by atoms with van der Waals surface area (Å²) in [6.07, 6.45) is 4.63. The molecule has 0 spiro atoms. The molecule has 1 N–H and O–H groups in total. The van der Waals surface area contributed by atoms with E-state index in [4.69, 9.17) is 0 Å². The molecule has 1 saturated heterocycles. The van der Waals surface area contributed by atoms with Crippen LogP contribution >= 0.6 is 0 Å². The van der Waals surface area contributed by atoms with Crippen LogP contribution < -0.4 is 5.32 Å². The van der Waals surface area contributed by atoms with Crippen molar-refractivity contribution in [1.82, 2.24) is 10.2 Å². The van der Waals surface area contributed by atoms with E-state index in [2.05, 4.69) is 37.6 Å². The van der Waals surface area contributed by atoms with E-state index < -0.39 is 0 Å². The van der Waals surface area contributed by atoms with Crippen LogP contribution in [0.2, 0.25) is 0 Å². The Morgan fingerprint density at radius 1 is 1.43 bits per heavy atom. The molecule has 0 saturated carbocycles. The summed E-state index contributed by atoms with van der Waals surface area (Å²) in [5, 5.41) is 3.60. The summed E-state index contributed by atoms with van der Waals surface area (Å²) < 4.78 is 0. The minimum Gasteiger partial charge on any atom is -0.296 e. The first-order chi connectivity index (χ1) is 6.61. The summed E-state index contributed by atoms with van der Waals surface area (Å²) in [6, 6.07) is 0. The molecule has 1 atom stereocenters. The van der Waals surface area contributed by atoms with Gasteiger partial charge in [-0.1, -0.05) is 19.9 Å². The minimum atomic E-state index is 0.144. The predicted molar refractivity (Wildman–Crippen MR) is 62.2 cm³/mol. The Kier molecular flexibility index (Phi) is 4.14. The summed E-state index contributed by atoms with van der Waals surface area (Å²) in [4.78, 5) is 2.57. The molecule has 0 aromatic rings. The van der Waals surface area contributed by atoms with Gasteiger partial charge in [-0.05, 0) is 38.8 Å². The van der Waals surface area contributed by atoms with Gasteiger partial charge in [-0.3, -0.25) is 10.2 Å². The number of hydrogen-bond acceptors (Lipinski definition) is 2. The van der Waals surface area contributed by atoms with Crippen molar-refractivity contribution in [1.29, 1.82) is 0 Å². The molecule has 0 radical (unpaired) electrons.